The zero-order valence-corrected chi connectivity index (χ0v) is 32.7. The van der Waals surface area contributed by atoms with Gasteiger partial charge in [-0.15, -0.1) is 6.58 Å². The minimum Gasteiger partial charge on any atom is -0.550 e. The number of ether oxygens (including phenoxy) is 1. The number of fused-ring (bicyclic) bond motifs is 1. The fraction of sp³-hybridized carbons (Fsp3) is 0.838. The molecule has 3 unspecified atom stereocenters. The Bertz CT molecular complexity index is 967. The second-order valence-electron chi connectivity index (χ2n) is 14.0. The Labute approximate surface area is 308 Å². The van der Waals surface area contributed by atoms with Gasteiger partial charge in [0.1, 0.15) is 0 Å². The molecule has 11 nitrogen and oxygen atoms in total. The van der Waals surface area contributed by atoms with Crippen LogP contribution in [0.3, 0.4) is 0 Å². The lowest BCUT2D eigenvalue weighted by Crippen LogP contribution is -2.23. The van der Waals surface area contributed by atoms with Crippen LogP contribution in [0.15, 0.2) is 24.8 Å². The van der Waals surface area contributed by atoms with Gasteiger partial charge < -0.3 is 49.2 Å². The Hall–Kier alpha value is -1.00. The third kappa shape index (κ3) is 18.7. The van der Waals surface area contributed by atoms with Crippen molar-refractivity contribution in [2.75, 3.05) is 0 Å². The maximum atomic E-state index is 10.5. The lowest BCUT2D eigenvalue weighted by atomic mass is 9.86. The van der Waals surface area contributed by atoms with Gasteiger partial charge in [0, 0.05) is 47.0 Å². The van der Waals surface area contributed by atoms with E-state index in [0.717, 1.165) is 70.6 Å². The van der Waals surface area contributed by atoms with Gasteiger partial charge >= 0.3 is 5.97 Å². The molecule has 3 rings (SSSR count). The van der Waals surface area contributed by atoms with Crippen LogP contribution in [0.1, 0.15) is 132 Å². The third-order valence-electron chi connectivity index (χ3n) is 10.2. The monoisotopic (exact) mass is 757 g/mol. The first kappa shape index (κ1) is 47.0. The Morgan fingerprint density at radius 3 is 1.94 bits per heavy atom. The van der Waals surface area contributed by atoms with E-state index in [2.05, 4.69) is 39.4 Å². The van der Waals surface area contributed by atoms with Crippen molar-refractivity contribution < 1.29 is 56.9 Å². The minimum atomic E-state index is -0.980. The lowest BCUT2D eigenvalue weighted by Gasteiger charge is -2.24. The van der Waals surface area contributed by atoms with Crippen LogP contribution < -0.4 is 5.11 Å². The first-order chi connectivity index (χ1) is 23.9. The molecule has 0 aromatic carbocycles. The molecule has 0 radical (unpaired) electrons. The first-order valence-corrected chi connectivity index (χ1v) is 19.6. The Morgan fingerprint density at radius 1 is 0.840 bits per heavy atom. The topological polar surface area (TPSA) is 186 Å². The molecule has 5 N–H and O–H groups in total. The van der Waals surface area contributed by atoms with Gasteiger partial charge in [-0.2, -0.15) is 0 Å². The number of carboxylic acid groups (broad SMARTS) is 2. The van der Waals surface area contributed by atoms with E-state index >= 15 is 0 Å². The summed E-state index contributed by atoms with van der Waals surface area (Å²) >= 11 is 0. The Kier molecular flexibility index (Phi) is 25.9. The number of aliphatic hydroxyl groups excluding tert-OH is 4. The molecular weight excluding hydrogens is 682 g/mol. The normalized spacial score (nSPS) is 29.8. The van der Waals surface area contributed by atoms with Crippen molar-refractivity contribution in [3.05, 3.63) is 24.8 Å². The molecule has 0 aromatic heterocycles. The van der Waals surface area contributed by atoms with E-state index in [1.54, 1.807) is 6.08 Å². The van der Waals surface area contributed by atoms with Crippen molar-refractivity contribution in [3.63, 3.8) is 0 Å². The van der Waals surface area contributed by atoms with Crippen LogP contribution in [-0.2, 0) is 23.4 Å². The van der Waals surface area contributed by atoms with E-state index in [4.69, 9.17) is 18.9 Å². The fourth-order valence-electron chi connectivity index (χ4n) is 7.53. The molecule has 50 heavy (non-hydrogen) atoms. The number of hydrogen-bond donors (Lipinski definition) is 5. The zero-order valence-electron chi connectivity index (χ0n) is 30.4. The number of carboxylic acids is 2. The highest BCUT2D eigenvalue weighted by Crippen LogP contribution is 2.45. The maximum absolute atomic E-state index is 10.5. The zero-order chi connectivity index (χ0) is 37.5. The largest absolute Gasteiger partial charge is 0.550 e. The summed E-state index contributed by atoms with van der Waals surface area (Å²) in [5, 5.41) is 58.4. The third-order valence-corrected chi connectivity index (χ3v) is 11.0. The van der Waals surface area contributed by atoms with Crippen LogP contribution in [0.25, 0.3) is 0 Å². The van der Waals surface area contributed by atoms with Gasteiger partial charge in [-0.3, -0.25) is 4.79 Å². The second-order valence-corrected chi connectivity index (χ2v) is 14.5. The molecular formula is C37H71O11P2-. The Morgan fingerprint density at radius 2 is 1.40 bits per heavy atom. The van der Waals surface area contributed by atoms with Gasteiger partial charge in [0.2, 0.25) is 0 Å². The van der Waals surface area contributed by atoms with Crippen molar-refractivity contribution >= 4 is 30.9 Å². The van der Waals surface area contributed by atoms with Crippen molar-refractivity contribution in [2.24, 2.45) is 23.7 Å². The fourth-order valence-corrected chi connectivity index (χ4v) is 8.07. The van der Waals surface area contributed by atoms with Crippen LogP contribution in [-0.4, -0.2) is 80.4 Å². The Balaban J connectivity index is 0. The predicted molar refractivity (Wildman–Crippen MR) is 203 cm³/mol. The van der Waals surface area contributed by atoms with E-state index in [1.165, 1.54) is 0 Å². The number of allylic oxidation sites excluding steroid dienone is 3. The average Bonchev–Trinajstić information content (AvgIpc) is 3.66. The van der Waals surface area contributed by atoms with Crippen LogP contribution >= 0.6 is 18.9 Å². The van der Waals surface area contributed by atoms with E-state index in [9.17, 15) is 35.1 Å². The van der Waals surface area contributed by atoms with Crippen molar-refractivity contribution in [1.82, 2.24) is 0 Å². The molecule has 1 saturated heterocycles. The molecule has 0 amide bonds. The molecule has 296 valence electrons. The van der Waals surface area contributed by atoms with Crippen LogP contribution in [0.4, 0.5) is 0 Å². The van der Waals surface area contributed by atoms with Gasteiger partial charge in [-0.1, -0.05) is 44.9 Å². The van der Waals surface area contributed by atoms with Gasteiger partial charge in [0.25, 0.3) is 0 Å². The van der Waals surface area contributed by atoms with Gasteiger partial charge in [0.15, 0.2) is 6.29 Å². The van der Waals surface area contributed by atoms with Crippen LogP contribution in [0, 0.1) is 23.7 Å². The summed E-state index contributed by atoms with van der Waals surface area (Å²) in [4.78, 5) is 20.2. The van der Waals surface area contributed by atoms with Gasteiger partial charge in [-0.05, 0) is 107 Å². The molecule has 3 aliphatic rings. The summed E-state index contributed by atoms with van der Waals surface area (Å²) in [6, 6.07) is 0. The molecule has 2 saturated carbocycles. The second kappa shape index (κ2) is 27.6. The number of carbonyl (C=O) groups is 2. The lowest BCUT2D eigenvalue weighted by molar-refractivity contribution is -0.305. The first-order valence-electron chi connectivity index (χ1n) is 18.7. The maximum Gasteiger partial charge on any atom is 0.303 e. The molecule has 3 fully saturated rings. The predicted octanol–water partition coefficient (Wildman–Crippen LogP) is 5.73. The quantitative estimate of drug-likeness (QED) is 0.0516. The highest BCUT2D eigenvalue weighted by Gasteiger charge is 2.48. The highest BCUT2D eigenvalue weighted by atomic mass is 31.0. The van der Waals surface area contributed by atoms with Crippen molar-refractivity contribution in [1.29, 1.82) is 0 Å². The summed E-state index contributed by atoms with van der Waals surface area (Å²) < 4.78 is 16.2. The molecule has 2 aliphatic carbocycles. The smallest absolute Gasteiger partial charge is 0.303 e. The highest BCUT2D eigenvalue weighted by molar-refractivity contribution is 7.10. The summed E-state index contributed by atoms with van der Waals surface area (Å²) in [6.07, 6.45) is 18.0. The van der Waals surface area contributed by atoms with Crippen molar-refractivity contribution in [2.45, 2.75) is 172 Å². The molecule has 0 spiro atoms. The molecule has 13 atom stereocenters. The van der Waals surface area contributed by atoms with Crippen molar-refractivity contribution in [3.8, 4) is 0 Å². The van der Waals surface area contributed by atoms with E-state index in [1.807, 2.05) is 12.2 Å². The number of aliphatic hydroxyl groups is 4. The standard InChI is InChI=1S/C18H33O5P.C13H25O4P.C6H10O2.2H2/c1-2-7-13(23-24)10-11-15-14(16(19)12-17(15)20)8-5-3-4-6-9-18(21)22;1-2-3-8(17-18)4-5-9-10-6-13(15)16-12(10)7-11(9)14;1-2-3-4-5-6(7)8;;/h3,5,13-17,19-20H,2,4,6-12,24H2,1H3,(H,21,22);8-15H,2-7,18H2,1H3;2H,1,3-5H2,(H,7,8);2*1H/p-1/b5-3-;;;;/t13-,14+,15+,16-,17+;8-,9+,10+,11+,12-,13?;;;/m00.../s1/i;;;2*1+2. The number of unbranched alkanes of at least 4 members (excludes halogenated alkanes) is 2. The molecule has 1 heterocycles. The van der Waals surface area contributed by atoms with Crippen LogP contribution in [0.5, 0.6) is 0 Å². The van der Waals surface area contributed by atoms with Crippen LogP contribution in [0.2, 0.25) is 0 Å². The molecule has 0 bridgehead atoms. The number of carbonyl (C=O) groups excluding carboxylic acids is 1. The van der Waals surface area contributed by atoms with E-state index < -0.39 is 30.4 Å². The summed E-state index contributed by atoms with van der Waals surface area (Å²) in [5.41, 5.74) is 0. The SMILES string of the molecule is C=CCCCC(=O)[O-].CCC[C@@H](CC[C@@H]1[C@@H](C/C=C\CCCC(=O)O)[C@@H](O)C[C@H]1O)OP.CCC[C@@H](CC[C@@H]1[C@H]2CC(O)O[C@H]2C[C@H]1O)OP.[3HH].[3HH]. The summed E-state index contributed by atoms with van der Waals surface area (Å²) in [7, 11) is 4.68. The summed E-state index contributed by atoms with van der Waals surface area (Å²) in [6.45, 7) is 7.72. The number of aliphatic carboxylic acids is 2. The molecule has 13 heteroatoms. The van der Waals surface area contributed by atoms with Gasteiger partial charge in [-0.25, -0.2) is 0 Å². The molecule has 1 aliphatic heterocycles. The summed E-state index contributed by atoms with van der Waals surface area (Å²) in [5.74, 6) is -0.998. The van der Waals surface area contributed by atoms with E-state index in [-0.39, 0.29) is 57.9 Å². The molecule has 0 aromatic rings. The number of hydrogen-bond acceptors (Lipinski definition) is 10. The minimum absolute atomic E-state index is 0. The van der Waals surface area contributed by atoms with Gasteiger partial charge in [0.05, 0.1) is 36.6 Å². The van der Waals surface area contributed by atoms with E-state index in [0.29, 0.717) is 38.0 Å². The average molecular weight is 758 g/mol. The number of rotatable bonds is 22.